The second-order valence-corrected chi connectivity index (χ2v) is 5.08. The molecule has 0 aliphatic carbocycles. The number of nitrogens with one attached hydrogen (secondary N) is 2. The van der Waals surface area contributed by atoms with Gasteiger partial charge in [-0.05, 0) is 13.0 Å². The van der Waals surface area contributed by atoms with Crippen LogP contribution in [0.5, 0.6) is 0 Å². The van der Waals surface area contributed by atoms with Gasteiger partial charge in [0.15, 0.2) is 17.3 Å². The second kappa shape index (κ2) is 5.88. The van der Waals surface area contributed by atoms with E-state index in [9.17, 15) is 9.90 Å². The summed E-state index contributed by atoms with van der Waals surface area (Å²) >= 11 is 0. The van der Waals surface area contributed by atoms with Crippen molar-refractivity contribution in [2.24, 2.45) is 10.2 Å². The van der Waals surface area contributed by atoms with Gasteiger partial charge in [-0.3, -0.25) is 9.89 Å². The summed E-state index contributed by atoms with van der Waals surface area (Å²) in [4.78, 5) is 14.5. The average molecular weight is 309 g/mol. The Morgan fingerprint density at radius 1 is 1.26 bits per heavy atom. The molecule has 0 radical (unpaired) electrons. The maximum atomic E-state index is 11.3. The van der Waals surface area contributed by atoms with E-state index in [-0.39, 0.29) is 17.2 Å². The number of aliphatic hydroxyl groups is 1. The van der Waals surface area contributed by atoms with Crippen LogP contribution in [0.25, 0.3) is 22.2 Å². The Kier molecular flexibility index (Phi) is 3.76. The molecular formula is C16H15N5O2. The Bertz CT molecular complexity index is 929. The fourth-order valence-electron chi connectivity index (χ4n) is 2.29. The van der Waals surface area contributed by atoms with Crippen LogP contribution in [0.4, 0.5) is 5.82 Å². The predicted molar refractivity (Wildman–Crippen MR) is 86.4 cm³/mol. The average Bonchev–Trinajstić information content (AvgIpc) is 3.12. The molecule has 3 aromatic rings. The highest BCUT2D eigenvalue weighted by Gasteiger charge is 2.10. The molecule has 116 valence electrons. The Hall–Kier alpha value is -3.22. The number of nitrogens with zero attached hydrogens (tertiary/aromatic N) is 3. The Labute approximate surface area is 131 Å². The lowest BCUT2D eigenvalue weighted by Crippen LogP contribution is -1.96. The Morgan fingerprint density at radius 3 is 2.78 bits per heavy atom. The van der Waals surface area contributed by atoms with Gasteiger partial charge in [0.05, 0.1) is 5.69 Å². The molecule has 0 saturated heterocycles. The largest absolute Gasteiger partial charge is 0.510 e. The summed E-state index contributed by atoms with van der Waals surface area (Å²) in [5.41, 5.74) is 2.69. The molecule has 2 heterocycles. The van der Waals surface area contributed by atoms with Crippen molar-refractivity contribution in [3.05, 3.63) is 48.0 Å². The SMILES string of the molecule is CC(=O)/C(N=Nc1cc(-c2c[nH]c3ccccc23)[nH]n1)=C(\C)O. The van der Waals surface area contributed by atoms with Gasteiger partial charge in [0.2, 0.25) is 0 Å². The van der Waals surface area contributed by atoms with Gasteiger partial charge in [0.1, 0.15) is 5.76 Å². The van der Waals surface area contributed by atoms with Crippen LogP contribution in [0, 0.1) is 0 Å². The first-order valence-corrected chi connectivity index (χ1v) is 7.00. The number of H-pyrrole nitrogens is 2. The normalized spacial score (nSPS) is 12.8. The molecule has 1 aromatic carbocycles. The first-order valence-electron chi connectivity index (χ1n) is 7.00. The molecule has 7 heteroatoms. The van der Waals surface area contributed by atoms with Crippen molar-refractivity contribution < 1.29 is 9.90 Å². The molecule has 0 atom stereocenters. The monoisotopic (exact) mass is 309 g/mol. The van der Waals surface area contributed by atoms with Crippen molar-refractivity contribution >= 4 is 22.5 Å². The number of allylic oxidation sites excluding steroid dienone is 2. The lowest BCUT2D eigenvalue weighted by atomic mass is 10.1. The molecule has 0 saturated carbocycles. The van der Waals surface area contributed by atoms with Gasteiger partial charge >= 0.3 is 0 Å². The van der Waals surface area contributed by atoms with Crippen LogP contribution in [0.3, 0.4) is 0 Å². The molecule has 3 N–H and O–H groups in total. The van der Waals surface area contributed by atoms with Crippen molar-refractivity contribution in [1.29, 1.82) is 0 Å². The van der Waals surface area contributed by atoms with E-state index < -0.39 is 0 Å². The van der Waals surface area contributed by atoms with Gasteiger partial charge in [0, 0.05) is 35.7 Å². The fraction of sp³-hybridized carbons (Fsp3) is 0.125. The lowest BCUT2D eigenvalue weighted by molar-refractivity contribution is -0.113. The number of carbonyl (C=O) groups excluding carboxylic acids is 1. The minimum absolute atomic E-state index is 0.0818. The number of aromatic amines is 2. The molecule has 7 nitrogen and oxygen atoms in total. The number of ketones is 1. The number of aliphatic hydroxyl groups excluding tert-OH is 1. The van der Waals surface area contributed by atoms with Crippen LogP contribution in [0.1, 0.15) is 13.8 Å². The van der Waals surface area contributed by atoms with E-state index in [1.165, 1.54) is 13.8 Å². The van der Waals surface area contributed by atoms with Crippen molar-refractivity contribution in [2.75, 3.05) is 0 Å². The third kappa shape index (κ3) is 2.89. The lowest BCUT2D eigenvalue weighted by Gasteiger charge is -1.95. The summed E-state index contributed by atoms with van der Waals surface area (Å²) in [5.74, 6) is -0.208. The fourth-order valence-corrected chi connectivity index (χ4v) is 2.29. The maximum absolute atomic E-state index is 11.3. The molecule has 0 unspecified atom stereocenters. The second-order valence-electron chi connectivity index (χ2n) is 5.08. The molecule has 0 aliphatic rings. The van der Waals surface area contributed by atoms with E-state index >= 15 is 0 Å². The van der Waals surface area contributed by atoms with E-state index in [2.05, 4.69) is 25.4 Å². The number of hydrogen-bond donors (Lipinski definition) is 3. The van der Waals surface area contributed by atoms with Crippen LogP contribution in [-0.4, -0.2) is 26.1 Å². The smallest absolute Gasteiger partial charge is 0.196 e. The molecule has 0 bridgehead atoms. The van der Waals surface area contributed by atoms with E-state index in [0.29, 0.717) is 5.82 Å². The number of azo groups is 1. The first-order chi connectivity index (χ1) is 11.1. The minimum Gasteiger partial charge on any atom is -0.510 e. The highest BCUT2D eigenvalue weighted by molar-refractivity contribution is 5.95. The number of carbonyl (C=O) groups is 1. The molecule has 0 amide bonds. The van der Waals surface area contributed by atoms with E-state index in [4.69, 9.17) is 0 Å². The molecule has 23 heavy (non-hydrogen) atoms. The number of para-hydroxylation sites is 1. The van der Waals surface area contributed by atoms with E-state index in [0.717, 1.165) is 22.2 Å². The topological polar surface area (TPSA) is 106 Å². The van der Waals surface area contributed by atoms with Gasteiger partial charge in [-0.25, -0.2) is 0 Å². The minimum atomic E-state index is -0.360. The van der Waals surface area contributed by atoms with Crippen LogP contribution < -0.4 is 0 Å². The van der Waals surface area contributed by atoms with E-state index in [1.807, 2.05) is 30.5 Å². The van der Waals surface area contributed by atoms with Crippen molar-refractivity contribution in [2.45, 2.75) is 13.8 Å². The van der Waals surface area contributed by atoms with Crippen LogP contribution in [0.15, 0.2) is 58.2 Å². The summed E-state index contributed by atoms with van der Waals surface area (Å²) in [7, 11) is 0. The Morgan fingerprint density at radius 2 is 2.04 bits per heavy atom. The standard InChI is InChI=1S/C16H15N5O2/c1-9(22)16(10(2)23)21-20-15-7-14(18-19-15)12-8-17-13-6-4-3-5-11(12)13/h3-8,17,22H,1-2H3,(H,18,19)/b16-9-,21-20?. The molecule has 0 fully saturated rings. The zero-order chi connectivity index (χ0) is 16.4. The zero-order valence-electron chi connectivity index (χ0n) is 12.7. The van der Waals surface area contributed by atoms with Crippen LogP contribution in [0.2, 0.25) is 0 Å². The van der Waals surface area contributed by atoms with Crippen molar-refractivity contribution in [3.63, 3.8) is 0 Å². The van der Waals surface area contributed by atoms with Crippen LogP contribution >= 0.6 is 0 Å². The highest BCUT2D eigenvalue weighted by atomic mass is 16.3. The number of aromatic nitrogens is 3. The predicted octanol–water partition coefficient (Wildman–Crippen LogP) is 4.02. The number of fused-ring (bicyclic) bond motifs is 1. The highest BCUT2D eigenvalue weighted by Crippen LogP contribution is 2.29. The van der Waals surface area contributed by atoms with E-state index in [1.54, 1.807) is 6.07 Å². The summed E-state index contributed by atoms with van der Waals surface area (Å²) in [6, 6.07) is 9.65. The van der Waals surface area contributed by atoms with Crippen molar-refractivity contribution in [3.8, 4) is 11.3 Å². The quantitative estimate of drug-likeness (QED) is 0.385. The van der Waals surface area contributed by atoms with Gasteiger partial charge < -0.3 is 10.1 Å². The zero-order valence-corrected chi connectivity index (χ0v) is 12.7. The number of hydrogen-bond acceptors (Lipinski definition) is 5. The van der Waals surface area contributed by atoms with Crippen LogP contribution in [-0.2, 0) is 4.79 Å². The first kappa shape index (κ1) is 14.7. The van der Waals surface area contributed by atoms with Gasteiger partial charge in [-0.1, -0.05) is 18.2 Å². The molecule has 0 aliphatic heterocycles. The summed E-state index contributed by atoms with van der Waals surface area (Å²) < 4.78 is 0. The third-order valence-electron chi connectivity index (χ3n) is 3.37. The van der Waals surface area contributed by atoms with Gasteiger partial charge in [-0.2, -0.15) is 5.10 Å². The van der Waals surface area contributed by atoms with Gasteiger partial charge in [0.25, 0.3) is 0 Å². The molecule has 3 rings (SSSR count). The molecular weight excluding hydrogens is 294 g/mol. The summed E-state index contributed by atoms with van der Waals surface area (Å²) in [6.45, 7) is 2.70. The summed E-state index contributed by atoms with van der Waals surface area (Å²) in [5, 5.41) is 25.1. The number of Topliss-reactive ketones (excluding diaryl/α,β-unsaturated/α-hetero) is 1. The van der Waals surface area contributed by atoms with Crippen molar-refractivity contribution in [1.82, 2.24) is 15.2 Å². The third-order valence-corrected chi connectivity index (χ3v) is 3.37. The molecule has 0 spiro atoms. The molecule has 2 aromatic heterocycles. The number of benzene rings is 1. The Balaban J connectivity index is 1.92. The number of rotatable bonds is 4. The summed E-state index contributed by atoms with van der Waals surface area (Å²) in [6.07, 6.45) is 1.89. The van der Waals surface area contributed by atoms with Gasteiger partial charge in [-0.15, -0.1) is 10.2 Å². The maximum Gasteiger partial charge on any atom is 0.196 e.